The molecule has 1 aliphatic heterocycles. The minimum Gasteiger partial charge on any atom is -0.465 e. The molecular formula is C14H15N3O3. The van der Waals surface area contributed by atoms with Gasteiger partial charge in [0, 0.05) is 30.1 Å². The molecule has 0 radical (unpaired) electrons. The zero-order valence-corrected chi connectivity index (χ0v) is 11.0. The number of hydrogen-bond acceptors (Lipinski definition) is 2. The van der Waals surface area contributed by atoms with Gasteiger partial charge in [-0.2, -0.15) is 0 Å². The van der Waals surface area contributed by atoms with Crippen LogP contribution in [-0.2, 0) is 17.8 Å². The van der Waals surface area contributed by atoms with Crippen LogP contribution in [0.1, 0.15) is 11.3 Å². The molecule has 0 spiro atoms. The molecular weight excluding hydrogens is 258 g/mol. The Kier molecular flexibility index (Phi) is 2.85. The first-order chi connectivity index (χ1) is 9.61. The van der Waals surface area contributed by atoms with Gasteiger partial charge in [0.05, 0.1) is 6.54 Å². The molecule has 104 valence electrons. The van der Waals surface area contributed by atoms with Gasteiger partial charge in [0.15, 0.2) is 0 Å². The van der Waals surface area contributed by atoms with Crippen molar-refractivity contribution in [3.63, 3.8) is 0 Å². The highest BCUT2D eigenvalue weighted by atomic mass is 16.4. The minimum atomic E-state index is -1.08. The topological polar surface area (TPSA) is 85.4 Å². The summed E-state index contributed by atoms with van der Waals surface area (Å²) in [5.74, 6) is -0.275. The summed E-state index contributed by atoms with van der Waals surface area (Å²) in [4.78, 5) is 27.7. The third-order valence-corrected chi connectivity index (χ3v) is 3.80. The van der Waals surface area contributed by atoms with Gasteiger partial charge in [0.1, 0.15) is 6.04 Å². The van der Waals surface area contributed by atoms with E-state index in [-0.39, 0.29) is 12.5 Å². The number of fused-ring (bicyclic) bond motifs is 3. The molecule has 0 saturated heterocycles. The summed E-state index contributed by atoms with van der Waals surface area (Å²) in [6, 6.07) is 7.13. The highest BCUT2D eigenvalue weighted by Gasteiger charge is 2.35. The third-order valence-electron chi connectivity index (χ3n) is 3.80. The zero-order chi connectivity index (χ0) is 14.3. The lowest BCUT2D eigenvalue weighted by Gasteiger charge is -2.32. The molecule has 3 N–H and O–H groups in total. The largest absolute Gasteiger partial charge is 0.465 e. The summed E-state index contributed by atoms with van der Waals surface area (Å²) in [6.45, 7) is 0.206. The number of rotatable bonds is 1. The molecule has 0 saturated carbocycles. The molecule has 0 fully saturated rings. The fourth-order valence-corrected chi connectivity index (χ4v) is 2.81. The maximum Gasteiger partial charge on any atom is 0.408 e. The van der Waals surface area contributed by atoms with Crippen LogP contribution < -0.4 is 5.32 Å². The molecule has 0 aliphatic carbocycles. The van der Waals surface area contributed by atoms with Crippen molar-refractivity contribution >= 4 is 22.9 Å². The first-order valence-electron chi connectivity index (χ1n) is 6.41. The van der Waals surface area contributed by atoms with Gasteiger partial charge >= 0.3 is 6.09 Å². The number of carbonyl (C=O) groups is 2. The number of H-pyrrole nitrogens is 1. The van der Waals surface area contributed by atoms with Crippen molar-refractivity contribution in [3.05, 3.63) is 35.5 Å². The molecule has 1 atom stereocenters. The van der Waals surface area contributed by atoms with Crippen LogP contribution >= 0.6 is 0 Å². The second-order valence-electron chi connectivity index (χ2n) is 4.87. The smallest absolute Gasteiger partial charge is 0.408 e. The SMILES string of the molecule is CNC(=O)[C@H]1Cc2c([nH]c3ccccc23)CN1C(=O)O. The van der Waals surface area contributed by atoms with Crippen LogP contribution in [0.4, 0.5) is 4.79 Å². The average Bonchev–Trinajstić information content (AvgIpc) is 2.82. The molecule has 3 rings (SSSR count). The van der Waals surface area contributed by atoms with E-state index in [1.165, 1.54) is 11.9 Å². The van der Waals surface area contributed by atoms with Gasteiger partial charge in [-0.1, -0.05) is 18.2 Å². The van der Waals surface area contributed by atoms with Crippen molar-refractivity contribution < 1.29 is 14.7 Å². The first kappa shape index (κ1) is 12.5. The van der Waals surface area contributed by atoms with E-state index in [9.17, 15) is 14.7 Å². The van der Waals surface area contributed by atoms with E-state index in [2.05, 4.69) is 10.3 Å². The van der Waals surface area contributed by atoms with Crippen molar-refractivity contribution in [3.8, 4) is 0 Å². The number of hydrogen-bond donors (Lipinski definition) is 3. The summed E-state index contributed by atoms with van der Waals surface area (Å²) in [5.41, 5.74) is 2.88. The number of amides is 2. The maximum absolute atomic E-state index is 11.9. The van der Waals surface area contributed by atoms with E-state index >= 15 is 0 Å². The van der Waals surface area contributed by atoms with Gasteiger partial charge in [-0.3, -0.25) is 9.69 Å². The molecule has 0 unspecified atom stereocenters. The van der Waals surface area contributed by atoms with Crippen LogP contribution in [0.2, 0.25) is 0 Å². The van der Waals surface area contributed by atoms with Crippen molar-refractivity contribution in [2.75, 3.05) is 7.05 Å². The van der Waals surface area contributed by atoms with E-state index in [4.69, 9.17) is 0 Å². The normalized spacial score (nSPS) is 17.9. The number of aromatic nitrogens is 1. The van der Waals surface area contributed by atoms with Crippen molar-refractivity contribution in [1.82, 2.24) is 15.2 Å². The lowest BCUT2D eigenvalue weighted by atomic mass is 9.96. The van der Waals surface area contributed by atoms with Crippen molar-refractivity contribution in [1.29, 1.82) is 0 Å². The van der Waals surface area contributed by atoms with Crippen LogP contribution in [0.25, 0.3) is 10.9 Å². The predicted octanol–water partition coefficient (Wildman–Crippen LogP) is 1.32. The molecule has 2 amide bonds. The number of para-hydroxylation sites is 1. The van der Waals surface area contributed by atoms with Gasteiger partial charge in [0.2, 0.25) is 5.91 Å². The first-order valence-corrected chi connectivity index (χ1v) is 6.41. The lowest BCUT2D eigenvalue weighted by Crippen LogP contribution is -2.51. The Morgan fingerprint density at radius 1 is 1.40 bits per heavy atom. The van der Waals surface area contributed by atoms with Gasteiger partial charge in [-0.05, 0) is 11.6 Å². The number of carbonyl (C=O) groups excluding carboxylic acids is 1. The Bertz CT molecular complexity index is 692. The fraction of sp³-hybridized carbons (Fsp3) is 0.286. The van der Waals surface area contributed by atoms with E-state index in [1.807, 2.05) is 24.3 Å². The molecule has 1 aromatic heterocycles. The van der Waals surface area contributed by atoms with Crippen molar-refractivity contribution in [2.24, 2.45) is 0 Å². The highest BCUT2D eigenvalue weighted by Crippen LogP contribution is 2.30. The molecule has 6 heteroatoms. The van der Waals surface area contributed by atoms with Gasteiger partial charge in [-0.15, -0.1) is 0 Å². The number of nitrogens with zero attached hydrogens (tertiary/aromatic N) is 1. The summed E-state index contributed by atoms with van der Waals surface area (Å²) in [5, 5.41) is 12.9. The van der Waals surface area contributed by atoms with E-state index in [1.54, 1.807) is 0 Å². The molecule has 0 bridgehead atoms. The molecule has 1 aromatic carbocycles. The average molecular weight is 273 g/mol. The third kappa shape index (κ3) is 1.80. The Hall–Kier alpha value is -2.50. The lowest BCUT2D eigenvalue weighted by molar-refractivity contribution is -0.125. The van der Waals surface area contributed by atoms with Gasteiger partial charge < -0.3 is 15.4 Å². The Morgan fingerprint density at radius 2 is 2.15 bits per heavy atom. The highest BCUT2D eigenvalue weighted by molar-refractivity contribution is 5.90. The minimum absolute atomic E-state index is 0.206. The Morgan fingerprint density at radius 3 is 2.85 bits per heavy atom. The number of aromatic amines is 1. The predicted molar refractivity (Wildman–Crippen MR) is 73.4 cm³/mol. The Balaban J connectivity index is 2.09. The molecule has 2 heterocycles. The van der Waals surface area contributed by atoms with Crippen LogP contribution in [0.15, 0.2) is 24.3 Å². The summed E-state index contributed by atoms with van der Waals surface area (Å²) >= 11 is 0. The maximum atomic E-state index is 11.9. The molecule has 1 aliphatic rings. The summed E-state index contributed by atoms with van der Waals surface area (Å²) in [7, 11) is 1.52. The van der Waals surface area contributed by atoms with Crippen LogP contribution in [0, 0.1) is 0 Å². The molecule has 2 aromatic rings. The summed E-state index contributed by atoms with van der Waals surface area (Å²) < 4.78 is 0. The standard InChI is InChI=1S/C14H15N3O3/c1-15-13(18)12-6-9-8-4-2-3-5-10(8)16-11(9)7-17(12)14(19)20/h2-5,12,16H,6-7H2,1H3,(H,15,18)(H,19,20)/t12-/m1/s1. The second kappa shape index (κ2) is 4.56. The van der Waals surface area contributed by atoms with Crippen LogP contribution in [0.3, 0.4) is 0 Å². The summed E-state index contributed by atoms with van der Waals surface area (Å²) in [6.07, 6.45) is -0.686. The number of nitrogens with one attached hydrogen (secondary N) is 2. The second-order valence-corrected chi connectivity index (χ2v) is 4.87. The van der Waals surface area contributed by atoms with Gasteiger partial charge in [0.25, 0.3) is 0 Å². The fourth-order valence-electron chi connectivity index (χ4n) is 2.81. The Labute approximate surface area is 115 Å². The van der Waals surface area contributed by atoms with E-state index in [0.29, 0.717) is 6.42 Å². The van der Waals surface area contributed by atoms with E-state index < -0.39 is 12.1 Å². The van der Waals surface area contributed by atoms with Crippen molar-refractivity contribution in [2.45, 2.75) is 19.0 Å². The zero-order valence-electron chi connectivity index (χ0n) is 11.0. The van der Waals surface area contributed by atoms with Gasteiger partial charge in [-0.25, -0.2) is 4.79 Å². The monoisotopic (exact) mass is 273 g/mol. The number of likely N-dealkylation sites (N-methyl/N-ethyl adjacent to an activating group) is 1. The number of carboxylic acid groups (broad SMARTS) is 1. The number of benzene rings is 1. The van der Waals surface area contributed by atoms with Crippen LogP contribution in [0.5, 0.6) is 0 Å². The van der Waals surface area contributed by atoms with Crippen LogP contribution in [-0.4, -0.2) is 40.1 Å². The quantitative estimate of drug-likeness (QED) is 0.732. The van der Waals surface area contributed by atoms with E-state index in [0.717, 1.165) is 22.2 Å². The molecule has 6 nitrogen and oxygen atoms in total. The molecule has 20 heavy (non-hydrogen) atoms.